The van der Waals surface area contributed by atoms with E-state index in [-0.39, 0.29) is 19.3 Å². The highest BCUT2D eigenvalue weighted by molar-refractivity contribution is 7.25. The van der Waals surface area contributed by atoms with E-state index in [1.807, 2.05) is 0 Å². The lowest BCUT2D eigenvalue weighted by Gasteiger charge is -2.29. The van der Waals surface area contributed by atoms with Gasteiger partial charge in [-0.15, -0.1) is 0 Å². The number of carbonyl (C=O) groups is 2. The average Bonchev–Trinajstić information content (AvgIpc) is 2.41. The molecule has 6 nitrogen and oxygen atoms in total. The van der Waals surface area contributed by atoms with Crippen molar-refractivity contribution in [1.29, 1.82) is 0 Å². The molecule has 0 bridgehead atoms. The summed E-state index contributed by atoms with van der Waals surface area (Å²) in [4.78, 5) is 22.0. The van der Waals surface area contributed by atoms with E-state index in [0.717, 1.165) is 12.1 Å². The van der Waals surface area contributed by atoms with Crippen LogP contribution in [-0.4, -0.2) is 27.4 Å². The first kappa shape index (κ1) is 17.3. The second kappa shape index (κ2) is 7.33. The van der Waals surface area contributed by atoms with Crippen LogP contribution >= 0.6 is 8.46 Å². The summed E-state index contributed by atoms with van der Waals surface area (Å²) in [5.74, 6) is -3.92. The molecule has 4 N–H and O–H groups in total. The zero-order chi connectivity index (χ0) is 16.0. The molecule has 3 atom stereocenters. The maximum atomic E-state index is 12.8. The summed E-state index contributed by atoms with van der Waals surface area (Å²) in [5, 5.41) is 17.6. The van der Waals surface area contributed by atoms with Crippen LogP contribution < -0.4 is 5.73 Å². The van der Waals surface area contributed by atoms with Crippen molar-refractivity contribution in [3.63, 3.8) is 0 Å². The topological polar surface area (TPSA) is 118 Å². The third kappa shape index (κ3) is 4.95. The summed E-state index contributed by atoms with van der Waals surface area (Å²) in [7, 11) is -1.85. The van der Waals surface area contributed by atoms with E-state index in [4.69, 9.17) is 5.73 Å². The van der Waals surface area contributed by atoms with E-state index in [1.54, 1.807) is 0 Å². The summed E-state index contributed by atoms with van der Waals surface area (Å²) in [6, 6.07) is 5.08. The van der Waals surface area contributed by atoms with Gasteiger partial charge in [-0.1, -0.05) is 12.1 Å². The largest absolute Gasteiger partial charge is 0.481 e. The quantitative estimate of drug-likeness (QED) is 0.612. The lowest BCUT2D eigenvalue weighted by molar-refractivity contribution is -0.147. The third-order valence-electron chi connectivity index (χ3n) is 3.19. The van der Waals surface area contributed by atoms with Gasteiger partial charge in [0.25, 0.3) is 0 Å². The Morgan fingerprint density at radius 2 is 1.90 bits per heavy atom. The standard InChI is InChI=1S/C13H17FNO5P/c14-9-3-1-8(2-4-9)7-13(19,21-20)10(12(17)18)5-6-11(15)16/h1-4,10,19H,5-7,21H2,(H2,15,16)(H,17,18). The number of amides is 1. The summed E-state index contributed by atoms with van der Waals surface area (Å²) >= 11 is 0. The van der Waals surface area contributed by atoms with Crippen molar-refractivity contribution in [2.45, 2.75) is 24.6 Å². The Hall–Kier alpha value is -1.72. The van der Waals surface area contributed by atoms with Gasteiger partial charge in [0.2, 0.25) is 5.91 Å². The monoisotopic (exact) mass is 317 g/mol. The van der Waals surface area contributed by atoms with Crippen molar-refractivity contribution in [2.24, 2.45) is 11.7 Å². The highest BCUT2D eigenvalue weighted by Crippen LogP contribution is 2.36. The van der Waals surface area contributed by atoms with Gasteiger partial charge in [-0.05, 0) is 24.1 Å². The molecule has 3 unspecified atom stereocenters. The number of nitrogens with two attached hydrogens (primary N) is 1. The average molecular weight is 317 g/mol. The molecule has 1 rings (SSSR count). The van der Waals surface area contributed by atoms with Gasteiger partial charge in [0, 0.05) is 12.8 Å². The van der Waals surface area contributed by atoms with Crippen LogP contribution in [-0.2, 0) is 20.6 Å². The van der Waals surface area contributed by atoms with Crippen LogP contribution in [0.5, 0.6) is 0 Å². The van der Waals surface area contributed by atoms with Crippen molar-refractivity contribution in [2.75, 3.05) is 0 Å². The van der Waals surface area contributed by atoms with Crippen molar-refractivity contribution in [1.82, 2.24) is 0 Å². The lowest BCUT2D eigenvalue weighted by atomic mass is 9.91. The molecule has 0 aliphatic carbocycles. The zero-order valence-corrected chi connectivity index (χ0v) is 12.3. The van der Waals surface area contributed by atoms with Crippen molar-refractivity contribution in [3.05, 3.63) is 35.6 Å². The fourth-order valence-corrected chi connectivity index (χ4v) is 2.84. The number of benzene rings is 1. The van der Waals surface area contributed by atoms with Crippen molar-refractivity contribution in [3.8, 4) is 0 Å². The number of carboxylic acids is 1. The van der Waals surface area contributed by atoms with Crippen LogP contribution in [0.25, 0.3) is 0 Å². The first-order chi connectivity index (χ1) is 9.78. The molecule has 8 heteroatoms. The molecule has 116 valence electrons. The smallest absolute Gasteiger partial charge is 0.309 e. The Balaban J connectivity index is 2.97. The van der Waals surface area contributed by atoms with Gasteiger partial charge >= 0.3 is 5.97 Å². The summed E-state index contributed by atoms with van der Waals surface area (Å²) in [6.45, 7) is 0. The molecule has 0 aliphatic rings. The van der Waals surface area contributed by atoms with Gasteiger partial charge in [-0.25, -0.2) is 4.39 Å². The molecule has 0 heterocycles. The first-order valence-electron chi connectivity index (χ1n) is 6.23. The first-order valence-corrected chi connectivity index (χ1v) is 7.27. The summed E-state index contributed by atoms with van der Waals surface area (Å²) < 4.78 is 24.2. The van der Waals surface area contributed by atoms with Crippen molar-refractivity contribution < 1.29 is 28.8 Å². The van der Waals surface area contributed by atoms with Gasteiger partial charge in [0.1, 0.15) is 11.2 Å². The minimum Gasteiger partial charge on any atom is -0.481 e. The number of carbonyl (C=O) groups excluding carboxylic acids is 1. The minimum absolute atomic E-state index is 0.207. The number of aliphatic hydroxyl groups is 1. The molecule has 0 fully saturated rings. The molecule has 21 heavy (non-hydrogen) atoms. The second-order valence-electron chi connectivity index (χ2n) is 4.81. The Bertz CT molecular complexity index is 536. The van der Waals surface area contributed by atoms with Gasteiger partial charge in [0.15, 0.2) is 0 Å². The molecule has 0 radical (unpaired) electrons. The molecule has 0 saturated carbocycles. The lowest BCUT2D eigenvalue weighted by Crippen LogP contribution is -2.40. The maximum absolute atomic E-state index is 12.8. The number of hydrogen-bond acceptors (Lipinski definition) is 4. The molecule has 0 saturated heterocycles. The van der Waals surface area contributed by atoms with Crippen molar-refractivity contribution >= 4 is 20.3 Å². The molecular formula is C13H17FNO5P. The van der Waals surface area contributed by atoms with E-state index >= 15 is 0 Å². The van der Waals surface area contributed by atoms with Crippen LogP contribution in [0.4, 0.5) is 4.39 Å². The number of aliphatic carboxylic acids is 1. The predicted octanol–water partition coefficient (Wildman–Crippen LogP) is 0.779. The van der Waals surface area contributed by atoms with E-state index in [1.165, 1.54) is 12.1 Å². The van der Waals surface area contributed by atoms with Crippen LogP contribution in [0.3, 0.4) is 0 Å². The summed E-state index contributed by atoms with van der Waals surface area (Å²) in [5.41, 5.74) is 5.42. The molecule has 0 aliphatic heterocycles. The highest BCUT2D eigenvalue weighted by atomic mass is 31.1. The fourth-order valence-electron chi connectivity index (χ4n) is 2.05. The highest BCUT2D eigenvalue weighted by Gasteiger charge is 2.41. The van der Waals surface area contributed by atoms with Crippen LogP contribution in [0.1, 0.15) is 18.4 Å². The van der Waals surface area contributed by atoms with Crippen LogP contribution in [0.15, 0.2) is 24.3 Å². The minimum atomic E-state index is -1.99. The number of rotatable bonds is 8. The van der Waals surface area contributed by atoms with E-state index in [2.05, 4.69) is 0 Å². The molecule has 1 amide bonds. The molecule has 0 spiro atoms. The SMILES string of the molecule is NC(=O)CCC(C(=O)O)C(O)(Cc1ccc(F)cc1)[PH2]=O. The van der Waals surface area contributed by atoms with E-state index < -0.39 is 37.4 Å². The summed E-state index contributed by atoms with van der Waals surface area (Å²) in [6.07, 6.45) is -0.651. The Kier molecular flexibility index (Phi) is 6.05. The van der Waals surface area contributed by atoms with E-state index in [9.17, 15) is 28.8 Å². The molecule has 1 aromatic carbocycles. The van der Waals surface area contributed by atoms with Crippen LogP contribution in [0.2, 0.25) is 0 Å². The van der Waals surface area contributed by atoms with Crippen LogP contribution in [0, 0.1) is 11.7 Å². The number of hydrogen-bond donors (Lipinski definition) is 3. The number of carboxylic acid groups (broad SMARTS) is 1. The van der Waals surface area contributed by atoms with E-state index in [0.29, 0.717) is 5.56 Å². The normalized spacial score (nSPS) is 15.7. The number of halogens is 1. The third-order valence-corrected chi connectivity index (χ3v) is 4.20. The molecule has 0 aromatic heterocycles. The molecular weight excluding hydrogens is 300 g/mol. The number of primary amides is 1. The zero-order valence-electron chi connectivity index (χ0n) is 11.2. The van der Waals surface area contributed by atoms with Gasteiger partial charge in [0.05, 0.1) is 14.4 Å². The Labute approximate surface area is 122 Å². The maximum Gasteiger partial charge on any atom is 0.309 e. The second-order valence-corrected chi connectivity index (χ2v) is 6.04. The molecule has 1 aromatic rings. The van der Waals surface area contributed by atoms with Gasteiger partial charge in [-0.2, -0.15) is 0 Å². The Morgan fingerprint density at radius 1 is 1.33 bits per heavy atom. The Morgan fingerprint density at radius 3 is 2.33 bits per heavy atom. The van der Waals surface area contributed by atoms with Gasteiger partial charge < -0.3 is 20.5 Å². The fraction of sp³-hybridized carbons (Fsp3) is 0.385. The predicted molar refractivity (Wildman–Crippen MR) is 75.0 cm³/mol. The van der Waals surface area contributed by atoms with Gasteiger partial charge in [-0.3, -0.25) is 9.59 Å².